The van der Waals surface area contributed by atoms with Gasteiger partial charge in [-0.25, -0.2) is 4.98 Å². The van der Waals surface area contributed by atoms with E-state index in [-0.39, 0.29) is 18.6 Å². The first-order valence-corrected chi connectivity index (χ1v) is 7.67. The Balaban J connectivity index is 1.62. The lowest BCUT2D eigenvalue weighted by atomic mass is 9.86. The van der Waals surface area contributed by atoms with Crippen molar-refractivity contribution >= 4 is 5.91 Å². The molecule has 3 rings (SSSR count). The third kappa shape index (κ3) is 3.36. The molecule has 1 aromatic heterocycles. The van der Waals surface area contributed by atoms with Crippen LogP contribution in [0.15, 0.2) is 41.3 Å². The van der Waals surface area contributed by atoms with Crippen LogP contribution in [0, 0.1) is 5.92 Å². The van der Waals surface area contributed by atoms with Crippen LogP contribution in [0.4, 0.5) is 0 Å². The summed E-state index contributed by atoms with van der Waals surface area (Å²) in [6.45, 7) is 0.207. The van der Waals surface area contributed by atoms with Gasteiger partial charge in [0.05, 0.1) is 6.20 Å². The highest BCUT2D eigenvalue weighted by atomic mass is 16.3. The van der Waals surface area contributed by atoms with E-state index < -0.39 is 0 Å². The maximum absolute atomic E-state index is 12.3. The van der Waals surface area contributed by atoms with Crippen LogP contribution >= 0.6 is 0 Å². The average Bonchev–Trinajstić information content (AvgIpc) is 3.09. The van der Waals surface area contributed by atoms with E-state index in [9.17, 15) is 9.90 Å². The van der Waals surface area contributed by atoms with E-state index in [4.69, 9.17) is 4.42 Å². The summed E-state index contributed by atoms with van der Waals surface area (Å²) in [6.07, 6.45) is 6.98. The summed E-state index contributed by atoms with van der Waals surface area (Å²) in [5.41, 5.74) is 1.53. The van der Waals surface area contributed by atoms with Crippen molar-refractivity contribution in [3.05, 3.63) is 42.4 Å². The van der Waals surface area contributed by atoms with Gasteiger partial charge in [-0.1, -0.05) is 18.6 Å². The number of nitrogens with zero attached hydrogens (tertiary/aromatic N) is 1. The lowest BCUT2D eigenvalue weighted by Crippen LogP contribution is -2.39. The van der Waals surface area contributed by atoms with E-state index in [1.165, 1.54) is 6.39 Å². The lowest BCUT2D eigenvalue weighted by molar-refractivity contribution is 0.0906. The molecule has 116 valence electrons. The summed E-state index contributed by atoms with van der Waals surface area (Å²) in [5.74, 6) is 0.936. The van der Waals surface area contributed by atoms with Crippen molar-refractivity contribution in [1.82, 2.24) is 10.3 Å². The fourth-order valence-corrected chi connectivity index (χ4v) is 3.00. The highest BCUT2D eigenvalue weighted by molar-refractivity contribution is 5.94. The second-order valence-corrected chi connectivity index (χ2v) is 5.83. The molecular weight excluding hydrogens is 280 g/mol. The van der Waals surface area contributed by atoms with Crippen LogP contribution in [0.2, 0.25) is 0 Å². The Morgan fingerprint density at radius 3 is 2.82 bits per heavy atom. The fraction of sp³-hybridized carbons (Fsp3) is 0.412. The zero-order valence-corrected chi connectivity index (χ0v) is 12.4. The molecule has 1 aromatic carbocycles. The van der Waals surface area contributed by atoms with Crippen molar-refractivity contribution < 1.29 is 14.3 Å². The smallest absolute Gasteiger partial charge is 0.251 e. The molecule has 1 aliphatic rings. The van der Waals surface area contributed by atoms with Crippen molar-refractivity contribution in [3.63, 3.8) is 0 Å². The molecule has 1 saturated carbocycles. The third-order valence-electron chi connectivity index (χ3n) is 4.24. The van der Waals surface area contributed by atoms with E-state index in [1.54, 1.807) is 18.3 Å². The van der Waals surface area contributed by atoms with Crippen LogP contribution in [0.25, 0.3) is 11.3 Å². The molecule has 0 radical (unpaired) electrons. The highest BCUT2D eigenvalue weighted by Crippen LogP contribution is 2.24. The number of rotatable bonds is 4. The Morgan fingerprint density at radius 1 is 1.32 bits per heavy atom. The quantitative estimate of drug-likeness (QED) is 0.910. The zero-order valence-electron chi connectivity index (χ0n) is 12.4. The Bertz CT molecular complexity index is 607. The normalized spacial score (nSPS) is 21.5. The molecule has 2 aromatic rings. The van der Waals surface area contributed by atoms with E-state index >= 15 is 0 Å². The predicted molar refractivity (Wildman–Crippen MR) is 82.2 cm³/mol. The standard InChI is InChI=1S/C17H20N2O3/c20-10-12-2-1-3-15(8-12)19-17(21)14-6-4-13(5-7-14)16-9-18-11-22-16/h4-7,9,11-12,15,20H,1-3,8,10H2,(H,19,21)/t12-,15-/m1/s1. The van der Waals surface area contributed by atoms with E-state index in [0.29, 0.717) is 17.2 Å². The summed E-state index contributed by atoms with van der Waals surface area (Å²) >= 11 is 0. The molecule has 2 N–H and O–H groups in total. The first-order chi connectivity index (χ1) is 10.8. The van der Waals surface area contributed by atoms with Crippen LogP contribution in [0.1, 0.15) is 36.0 Å². The summed E-state index contributed by atoms with van der Waals surface area (Å²) in [4.78, 5) is 16.2. The number of carbonyl (C=O) groups is 1. The van der Waals surface area contributed by atoms with Crippen molar-refractivity contribution in [1.29, 1.82) is 0 Å². The van der Waals surface area contributed by atoms with Crippen LogP contribution in [0.5, 0.6) is 0 Å². The van der Waals surface area contributed by atoms with Gasteiger partial charge in [0.15, 0.2) is 12.2 Å². The highest BCUT2D eigenvalue weighted by Gasteiger charge is 2.23. The molecule has 2 atom stereocenters. The first kappa shape index (κ1) is 14.8. The molecule has 22 heavy (non-hydrogen) atoms. The van der Waals surface area contributed by atoms with Crippen LogP contribution in [-0.2, 0) is 0 Å². The van der Waals surface area contributed by atoms with Crippen molar-refractivity contribution in [2.75, 3.05) is 6.61 Å². The summed E-state index contributed by atoms with van der Waals surface area (Å²) in [7, 11) is 0. The third-order valence-corrected chi connectivity index (χ3v) is 4.24. The Morgan fingerprint density at radius 2 is 2.14 bits per heavy atom. The minimum absolute atomic E-state index is 0.0623. The number of oxazole rings is 1. The minimum Gasteiger partial charge on any atom is -0.444 e. The average molecular weight is 300 g/mol. The Kier molecular flexibility index (Phi) is 4.53. The number of hydrogen-bond donors (Lipinski definition) is 2. The van der Waals surface area contributed by atoms with Crippen molar-refractivity contribution in [2.45, 2.75) is 31.7 Å². The molecular formula is C17H20N2O3. The number of hydrogen-bond acceptors (Lipinski definition) is 4. The van der Waals surface area contributed by atoms with Gasteiger partial charge in [-0.2, -0.15) is 0 Å². The number of aromatic nitrogens is 1. The van der Waals surface area contributed by atoms with Gasteiger partial charge in [-0.3, -0.25) is 4.79 Å². The van der Waals surface area contributed by atoms with Gasteiger partial charge < -0.3 is 14.8 Å². The maximum Gasteiger partial charge on any atom is 0.251 e. The number of benzene rings is 1. The van der Waals surface area contributed by atoms with Crippen molar-refractivity contribution in [3.8, 4) is 11.3 Å². The van der Waals surface area contributed by atoms with Crippen LogP contribution in [-0.4, -0.2) is 28.6 Å². The van der Waals surface area contributed by atoms with Gasteiger partial charge in [-0.15, -0.1) is 0 Å². The number of aliphatic hydroxyl groups excluding tert-OH is 1. The largest absolute Gasteiger partial charge is 0.444 e. The van der Waals surface area contributed by atoms with Gasteiger partial charge in [0.25, 0.3) is 5.91 Å². The number of carbonyl (C=O) groups excluding carboxylic acids is 1. The summed E-state index contributed by atoms with van der Waals surface area (Å²) in [5, 5.41) is 12.3. The van der Waals surface area contributed by atoms with Gasteiger partial charge in [0.2, 0.25) is 0 Å². The molecule has 0 bridgehead atoms. The topological polar surface area (TPSA) is 75.4 Å². The van der Waals surface area contributed by atoms with E-state index in [2.05, 4.69) is 10.3 Å². The molecule has 1 heterocycles. The first-order valence-electron chi connectivity index (χ1n) is 7.67. The zero-order chi connectivity index (χ0) is 15.4. The summed E-state index contributed by atoms with van der Waals surface area (Å²) in [6, 6.07) is 7.45. The van der Waals surface area contributed by atoms with Gasteiger partial charge in [0.1, 0.15) is 0 Å². The van der Waals surface area contributed by atoms with Crippen LogP contribution < -0.4 is 5.32 Å². The lowest BCUT2D eigenvalue weighted by Gasteiger charge is -2.28. The Hall–Kier alpha value is -2.14. The predicted octanol–water partition coefficient (Wildman–Crippen LogP) is 2.62. The molecule has 5 nitrogen and oxygen atoms in total. The molecule has 0 saturated heterocycles. The van der Waals surface area contributed by atoms with Crippen molar-refractivity contribution in [2.24, 2.45) is 5.92 Å². The van der Waals surface area contributed by atoms with E-state index in [0.717, 1.165) is 31.2 Å². The maximum atomic E-state index is 12.3. The van der Waals surface area contributed by atoms with Gasteiger partial charge in [-0.05, 0) is 37.3 Å². The second-order valence-electron chi connectivity index (χ2n) is 5.83. The molecule has 1 fully saturated rings. The van der Waals surface area contributed by atoms with E-state index in [1.807, 2.05) is 12.1 Å². The number of aliphatic hydroxyl groups is 1. The van der Waals surface area contributed by atoms with Gasteiger partial charge >= 0.3 is 0 Å². The molecule has 1 amide bonds. The molecule has 1 aliphatic carbocycles. The molecule has 0 aliphatic heterocycles. The fourth-order valence-electron chi connectivity index (χ4n) is 3.00. The molecule has 0 spiro atoms. The Labute approximate surface area is 129 Å². The number of nitrogens with one attached hydrogen (secondary N) is 1. The molecule has 5 heteroatoms. The molecule has 0 unspecified atom stereocenters. The SMILES string of the molecule is O=C(N[C@@H]1CCC[C@@H](CO)C1)c1ccc(-c2cnco2)cc1. The summed E-state index contributed by atoms with van der Waals surface area (Å²) < 4.78 is 5.23. The number of amides is 1. The monoisotopic (exact) mass is 300 g/mol. The van der Waals surface area contributed by atoms with Gasteiger partial charge in [0, 0.05) is 23.8 Å². The second kappa shape index (κ2) is 6.75. The van der Waals surface area contributed by atoms with Crippen LogP contribution in [0.3, 0.4) is 0 Å². The minimum atomic E-state index is -0.0623.